The van der Waals surface area contributed by atoms with Crippen LogP contribution < -0.4 is 5.32 Å². The van der Waals surface area contributed by atoms with Crippen LogP contribution in [0.25, 0.3) is 17.0 Å². The number of rotatable bonds is 4. The highest BCUT2D eigenvalue weighted by Gasteiger charge is 2.23. The van der Waals surface area contributed by atoms with Crippen LogP contribution >= 0.6 is 11.6 Å². The van der Waals surface area contributed by atoms with E-state index in [2.05, 4.69) is 30.1 Å². The molecule has 4 rings (SSSR count). The maximum absolute atomic E-state index is 12.3. The minimum absolute atomic E-state index is 0.0563. The van der Waals surface area contributed by atoms with Gasteiger partial charge in [0.15, 0.2) is 0 Å². The average Bonchev–Trinajstić information content (AvgIpc) is 3.10. The second-order valence-corrected chi connectivity index (χ2v) is 5.76. The van der Waals surface area contributed by atoms with E-state index in [1.807, 2.05) is 12.1 Å². The van der Waals surface area contributed by atoms with Gasteiger partial charge in [-0.25, -0.2) is 4.98 Å². The van der Waals surface area contributed by atoms with Crippen molar-refractivity contribution in [1.29, 1.82) is 0 Å². The number of allylic oxidation sites excluding steroid dienone is 1. The number of hydrogen-bond acceptors (Lipinski definition) is 6. The normalized spacial score (nSPS) is 17.0. The zero-order chi connectivity index (χ0) is 18.1. The molecule has 0 spiro atoms. The van der Waals surface area contributed by atoms with Crippen LogP contribution in [0.2, 0.25) is 0 Å². The standard InChI is InChI=1S/C16H11ClF2N6O/c17-11-5-10(26-15(18)19)7-21-14(11)12-6-13(9-1-3-20-4-2-9)25-16(24-12)22-8-23-25/h1-8,14-15,21H. The number of dihydropyridines is 1. The number of fused-ring (bicyclic) bond motifs is 1. The second-order valence-electron chi connectivity index (χ2n) is 5.33. The predicted molar refractivity (Wildman–Crippen MR) is 89.0 cm³/mol. The molecule has 1 aliphatic rings. The summed E-state index contributed by atoms with van der Waals surface area (Å²) in [6.07, 6.45) is 7.39. The molecule has 0 bridgehead atoms. The fourth-order valence-corrected chi connectivity index (χ4v) is 2.89. The molecular weight excluding hydrogens is 366 g/mol. The monoisotopic (exact) mass is 376 g/mol. The molecule has 4 heterocycles. The molecule has 3 aromatic rings. The molecule has 0 aromatic carbocycles. The van der Waals surface area contributed by atoms with Gasteiger partial charge in [-0.2, -0.15) is 23.4 Å². The summed E-state index contributed by atoms with van der Waals surface area (Å²) in [5, 5.41) is 7.37. The predicted octanol–water partition coefficient (Wildman–Crippen LogP) is 3.03. The number of ether oxygens (including phenoxy) is 1. The molecule has 0 aliphatic carbocycles. The SMILES string of the molecule is FC(F)OC1=CNC(c2cc(-c3ccncc3)n3ncnc3n2)C(Cl)=C1. The number of alkyl halides is 2. The van der Waals surface area contributed by atoms with Gasteiger partial charge in [0.1, 0.15) is 18.1 Å². The Hall–Kier alpha value is -3.07. The summed E-state index contributed by atoms with van der Waals surface area (Å²) in [6, 6.07) is 4.95. The van der Waals surface area contributed by atoms with Crippen molar-refractivity contribution in [2.45, 2.75) is 12.7 Å². The first-order valence-electron chi connectivity index (χ1n) is 7.51. The molecule has 1 atom stereocenters. The lowest BCUT2D eigenvalue weighted by atomic mass is 10.1. The van der Waals surface area contributed by atoms with Crippen molar-refractivity contribution in [3.8, 4) is 11.3 Å². The fourth-order valence-electron chi connectivity index (χ4n) is 2.61. The molecule has 3 aromatic heterocycles. The lowest BCUT2D eigenvalue weighted by Crippen LogP contribution is -2.22. The summed E-state index contributed by atoms with van der Waals surface area (Å²) in [5.41, 5.74) is 2.17. The zero-order valence-electron chi connectivity index (χ0n) is 13.1. The van der Waals surface area contributed by atoms with E-state index in [0.29, 0.717) is 11.5 Å². The van der Waals surface area contributed by atoms with Crippen LogP contribution in [0.4, 0.5) is 8.78 Å². The van der Waals surface area contributed by atoms with Gasteiger partial charge in [0.05, 0.1) is 16.4 Å². The summed E-state index contributed by atoms with van der Waals surface area (Å²) >= 11 is 6.26. The number of aromatic nitrogens is 5. The number of pyridine rings is 1. The molecule has 0 amide bonds. The maximum Gasteiger partial charge on any atom is 0.387 e. The molecule has 1 aliphatic heterocycles. The first-order chi connectivity index (χ1) is 12.6. The Bertz CT molecular complexity index is 1000. The average molecular weight is 377 g/mol. The van der Waals surface area contributed by atoms with E-state index < -0.39 is 12.7 Å². The van der Waals surface area contributed by atoms with Crippen LogP contribution in [0.15, 0.2) is 60.0 Å². The first-order valence-corrected chi connectivity index (χ1v) is 7.89. The summed E-state index contributed by atoms with van der Waals surface area (Å²) in [6.45, 7) is -2.93. The third kappa shape index (κ3) is 3.08. The van der Waals surface area contributed by atoms with Gasteiger partial charge in [-0.1, -0.05) is 11.6 Å². The summed E-state index contributed by atoms with van der Waals surface area (Å²) in [5.74, 6) is 0.332. The van der Waals surface area contributed by atoms with Gasteiger partial charge in [-0.05, 0) is 24.3 Å². The van der Waals surface area contributed by atoms with Gasteiger partial charge in [-0.3, -0.25) is 4.98 Å². The van der Waals surface area contributed by atoms with Gasteiger partial charge >= 0.3 is 6.61 Å². The van der Waals surface area contributed by atoms with E-state index in [-0.39, 0.29) is 10.8 Å². The van der Waals surface area contributed by atoms with Crippen LogP contribution in [0.5, 0.6) is 0 Å². The molecule has 0 fully saturated rings. The molecule has 7 nitrogen and oxygen atoms in total. The summed E-state index contributed by atoms with van der Waals surface area (Å²) < 4.78 is 30.6. The van der Waals surface area contributed by atoms with Crippen LogP contribution in [-0.2, 0) is 4.74 Å². The third-order valence-corrected chi connectivity index (χ3v) is 4.04. The quantitative estimate of drug-likeness (QED) is 0.754. The van der Waals surface area contributed by atoms with Crippen molar-refractivity contribution in [2.24, 2.45) is 0 Å². The first kappa shape index (κ1) is 16.4. The highest BCUT2D eigenvalue weighted by molar-refractivity contribution is 6.30. The maximum atomic E-state index is 12.3. The zero-order valence-corrected chi connectivity index (χ0v) is 13.8. The summed E-state index contributed by atoms with van der Waals surface area (Å²) in [4.78, 5) is 12.6. The molecule has 1 unspecified atom stereocenters. The van der Waals surface area contributed by atoms with Gasteiger partial charge in [0.25, 0.3) is 5.78 Å². The smallest absolute Gasteiger partial charge is 0.387 e. The minimum Gasteiger partial charge on any atom is -0.433 e. The van der Waals surface area contributed by atoms with E-state index in [1.165, 1.54) is 18.6 Å². The largest absolute Gasteiger partial charge is 0.433 e. The molecule has 0 radical (unpaired) electrons. The Balaban J connectivity index is 1.75. The van der Waals surface area contributed by atoms with Gasteiger partial charge in [0, 0.05) is 24.2 Å². The number of halogens is 3. The summed E-state index contributed by atoms with van der Waals surface area (Å²) in [7, 11) is 0. The highest BCUT2D eigenvalue weighted by Crippen LogP contribution is 2.31. The minimum atomic E-state index is -2.93. The fraction of sp³-hybridized carbons (Fsp3) is 0.125. The Morgan fingerprint density at radius 2 is 2.08 bits per heavy atom. The lowest BCUT2D eigenvalue weighted by molar-refractivity contribution is -0.0927. The van der Waals surface area contributed by atoms with E-state index in [9.17, 15) is 8.78 Å². The Kier molecular flexibility index (Phi) is 4.21. The van der Waals surface area contributed by atoms with Crippen LogP contribution in [0, 0.1) is 0 Å². The third-order valence-electron chi connectivity index (χ3n) is 3.72. The van der Waals surface area contributed by atoms with E-state index in [0.717, 1.165) is 11.3 Å². The van der Waals surface area contributed by atoms with Gasteiger partial charge in [0.2, 0.25) is 0 Å². The second kappa shape index (κ2) is 6.68. The van der Waals surface area contributed by atoms with Crippen LogP contribution in [0.3, 0.4) is 0 Å². The topological polar surface area (TPSA) is 77.2 Å². The molecule has 10 heteroatoms. The van der Waals surface area contributed by atoms with Crippen molar-refractivity contribution < 1.29 is 13.5 Å². The van der Waals surface area contributed by atoms with Crippen LogP contribution in [0.1, 0.15) is 11.7 Å². The lowest BCUT2D eigenvalue weighted by Gasteiger charge is -2.22. The number of nitrogens with one attached hydrogen (secondary N) is 1. The van der Waals surface area contributed by atoms with E-state index in [1.54, 1.807) is 23.0 Å². The van der Waals surface area contributed by atoms with E-state index in [4.69, 9.17) is 11.6 Å². The van der Waals surface area contributed by atoms with Gasteiger partial charge < -0.3 is 10.1 Å². The van der Waals surface area contributed by atoms with E-state index >= 15 is 0 Å². The molecule has 1 N–H and O–H groups in total. The Labute approximate surface area is 151 Å². The highest BCUT2D eigenvalue weighted by atomic mass is 35.5. The molecule has 132 valence electrons. The molecule has 0 saturated heterocycles. The van der Waals surface area contributed by atoms with Crippen molar-refractivity contribution in [1.82, 2.24) is 29.9 Å². The Morgan fingerprint density at radius 1 is 1.27 bits per heavy atom. The van der Waals surface area contributed by atoms with Gasteiger partial charge in [-0.15, -0.1) is 0 Å². The number of nitrogens with zero attached hydrogens (tertiary/aromatic N) is 5. The van der Waals surface area contributed by atoms with Crippen molar-refractivity contribution in [3.05, 3.63) is 65.7 Å². The van der Waals surface area contributed by atoms with Crippen LogP contribution in [-0.4, -0.2) is 31.2 Å². The molecular formula is C16H11ClF2N6O. The van der Waals surface area contributed by atoms with Crippen molar-refractivity contribution in [2.75, 3.05) is 0 Å². The van der Waals surface area contributed by atoms with Crippen molar-refractivity contribution in [3.63, 3.8) is 0 Å². The Morgan fingerprint density at radius 3 is 2.81 bits per heavy atom. The molecule has 26 heavy (non-hydrogen) atoms. The molecule has 0 saturated carbocycles. The van der Waals surface area contributed by atoms with Crippen molar-refractivity contribution >= 4 is 17.4 Å². The number of hydrogen-bond donors (Lipinski definition) is 1.